The third kappa shape index (κ3) is 3.26. The van der Waals surface area contributed by atoms with Crippen LogP contribution in [0.25, 0.3) is 0 Å². The molecular formula is C22H20N2O2. The van der Waals surface area contributed by atoms with E-state index in [-0.39, 0.29) is 11.8 Å². The lowest BCUT2D eigenvalue weighted by Crippen LogP contribution is -2.14. The van der Waals surface area contributed by atoms with Crippen molar-refractivity contribution in [2.75, 3.05) is 12.4 Å². The molecule has 4 heteroatoms. The summed E-state index contributed by atoms with van der Waals surface area (Å²) in [5.41, 5.74) is 5.06. The second kappa shape index (κ2) is 6.92. The highest BCUT2D eigenvalue weighted by atomic mass is 16.5. The number of anilines is 1. The lowest BCUT2D eigenvalue weighted by atomic mass is 9.97. The summed E-state index contributed by atoms with van der Waals surface area (Å²) in [5.74, 6) is 1.09. The van der Waals surface area contributed by atoms with Gasteiger partial charge in [0.2, 0.25) is 0 Å². The quantitative estimate of drug-likeness (QED) is 0.697. The molecule has 0 amide bonds. The van der Waals surface area contributed by atoms with Gasteiger partial charge in [-0.3, -0.25) is 4.99 Å². The molecule has 1 atom stereocenters. The predicted octanol–water partition coefficient (Wildman–Crippen LogP) is 5.08. The number of hydrogen-bond acceptors (Lipinski definition) is 4. The molecule has 130 valence electrons. The Morgan fingerprint density at radius 2 is 1.81 bits per heavy atom. The van der Waals surface area contributed by atoms with Gasteiger partial charge in [0.25, 0.3) is 0 Å². The average Bonchev–Trinajstić information content (AvgIpc) is 2.88. The Kier molecular flexibility index (Phi) is 4.32. The molecule has 26 heavy (non-hydrogen) atoms. The topological polar surface area (TPSA) is 53.9 Å². The summed E-state index contributed by atoms with van der Waals surface area (Å²) in [6.45, 7) is 0. The van der Waals surface area contributed by atoms with E-state index in [1.807, 2.05) is 48.5 Å². The lowest BCUT2D eigenvalue weighted by molar-refractivity contribution is 0.414. The predicted molar refractivity (Wildman–Crippen MR) is 105 cm³/mol. The number of methoxy groups -OCH3 is 1. The highest BCUT2D eigenvalue weighted by Crippen LogP contribution is 2.36. The largest absolute Gasteiger partial charge is 0.508 e. The van der Waals surface area contributed by atoms with Crippen LogP contribution in [0.2, 0.25) is 0 Å². The van der Waals surface area contributed by atoms with Gasteiger partial charge in [0.1, 0.15) is 11.5 Å². The Labute approximate surface area is 152 Å². The molecule has 1 heterocycles. The number of hydrogen-bond donors (Lipinski definition) is 2. The zero-order valence-electron chi connectivity index (χ0n) is 14.5. The van der Waals surface area contributed by atoms with Crippen LogP contribution in [0.15, 0.2) is 77.8 Å². The molecule has 0 aromatic heterocycles. The van der Waals surface area contributed by atoms with E-state index < -0.39 is 0 Å². The first-order chi connectivity index (χ1) is 12.7. The number of phenolic OH excluding ortho intramolecular Hbond substituents is 1. The number of para-hydroxylation sites is 2. The molecule has 1 unspecified atom stereocenters. The maximum Gasteiger partial charge on any atom is 0.119 e. The van der Waals surface area contributed by atoms with Crippen molar-refractivity contribution < 1.29 is 9.84 Å². The van der Waals surface area contributed by atoms with E-state index in [9.17, 15) is 5.11 Å². The van der Waals surface area contributed by atoms with Gasteiger partial charge in [-0.2, -0.15) is 0 Å². The van der Waals surface area contributed by atoms with Crippen LogP contribution in [0.1, 0.15) is 23.6 Å². The number of aromatic hydroxyl groups is 1. The normalized spacial score (nSPS) is 16.0. The third-order valence-electron chi connectivity index (χ3n) is 4.58. The molecule has 0 bridgehead atoms. The molecule has 0 spiro atoms. The highest BCUT2D eigenvalue weighted by Gasteiger charge is 2.21. The van der Waals surface area contributed by atoms with Crippen molar-refractivity contribution in [1.29, 1.82) is 0 Å². The summed E-state index contributed by atoms with van der Waals surface area (Å²) in [6.07, 6.45) is 0.729. The fourth-order valence-corrected chi connectivity index (χ4v) is 3.21. The van der Waals surface area contributed by atoms with Crippen molar-refractivity contribution >= 4 is 17.1 Å². The van der Waals surface area contributed by atoms with Crippen molar-refractivity contribution in [2.24, 2.45) is 4.99 Å². The second-order valence-corrected chi connectivity index (χ2v) is 6.30. The number of nitrogens with zero attached hydrogens (tertiary/aromatic N) is 1. The summed E-state index contributed by atoms with van der Waals surface area (Å²) >= 11 is 0. The Morgan fingerprint density at radius 1 is 1.00 bits per heavy atom. The molecule has 1 aliphatic heterocycles. The van der Waals surface area contributed by atoms with Crippen molar-refractivity contribution in [1.82, 2.24) is 0 Å². The van der Waals surface area contributed by atoms with E-state index in [2.05, 4.69) is 17.4 Å². The van der Waals surface area contributed by atoms with E-state index >= 15 is 0 Å². The monoisotopic (exact) mass is 344 g/mol. The number of nitrogens with one attached hydrogen (secondary N) is 1. The van der Waals surface area contributed by atoms with Gasteiger partial charge in [0.05, 0.1) is 30.2 Å². The van der Waals surface area contributed by atoms with Crippen LogP contribution >= 0.6 is 0 Å². The van der Waals surface area contributed by atoms with Gasteiger partial charge in [0, 0.05) is 6.42 Å². The fraction of sp³-hybridized carbons (Fsp3) is 0.136. The lowest BCUT2D eigenvalue weighted by Gasteiger charge is -2.20. The van der Waals surface area contributed by atoms with Gasteiger partial charge in [0.15, 0.2) is 0 Å². The van der Waals surface area contributed by atoms with Gasteiger partial charge in [-0.25, -0.2) is 0 Å². The van der Waals surface area contributed by atoms with Gasteiger partial charge < -0.3 is 15.2 Å². The van der Waals surface area contributed by atoms with Crippen LogP contribution in [-0.4, -0.2) is 17.9 Å². The van der Waals surface area contributed by atoms with E-state index in [1.165, 1.54) is 0 Å². The minimum absolute atomic E-state index is 0.0707. The molecule has 4 rings (SSSR count). The average molecular weight is 344 g/mol. The van der Waals surface area contributed by atoms with Gasteiger partial charge >= 0.3 is 0 Å². The van der Waals surface area contributed by atoms with Gasteiger partial charge in [-0.05, 0) is 59.7 Å². The molecule has 3 aromatic rings. The summed E-state index contributed by atoms with van der Waals surface area (Å²) in [4.78, 5) is 4.90. The number of phenols is 1. The molecule has 3 aromatic carbocycles. The smallest absolute Gasteiger partial charge is 0.119 e. The molecular weight excluding hydrogens is 324 g/mol. The fourth-order valence-electron chi connectivity index (χ4n) is 3.21. The number of aliphatic imine (C=N–C) groups is 1. The van der Waals surface area contributed by atoms with Crippen LogP contribution < -0.4 is 10.1 Å². The maximum absolute atomic E-state index is 9.59. The van der Waals surface area contributed by atoms with Crippen LogP contribution in [0.4, 0.5) is 11.4 Å². The number of benzene rings is 3. The standard InChI is InChI=1S/C22H20N2O2/c1-26-18-6-4-5-16(13-18)22-14-21(15-9-11-17(25)12-10-15)23-19-7-2-3-8-20(19)24-22/h2-13,22,24-25H,14H2,1H3. The van der Waals surface area contributed by atoms with Crippen LogP contribution in [0, 0.1) is 0 Å². The summed E-state index contributed by atoms with van der Waals surface area (Å²) in [7, 11) is 1.68. The van der Waals surface area contributed by atoms with Crippen LogP contribution in [-0.2, 0) is 0 Å². The zero-order valence-corrected chi connectivity index (χ0v) is 14.5. The molecule has 0 fully saturated rings. The molecule has 1 aliphatic rings. The molecule has 0 saturated carbocycles. The Hall–Kier alpha value is -3.27. The number of rotatable bonds is 3. The van der Waals surface area contributed by atoms with E-state index in [4.69, 9.17) is 9.73 Å². The Balaban J connectivity index is 1.78. The minimum Gasteiger partial charge on any atom is -0.508 e. The van der Waals surface area contributed by atoms with E-state index in [0.29, 0.717) is 0 Å². The maximum atomic E-state index is 9.59. The highest BCUT2D eigenvalue weighted by molar-refractivity contribution is 6.04. The molecule has 4 nitrogen and oxygen atoms in total. The summed E-state index contributed by atoms with van der Waals surface area (Å²) in [6, 6.07) is 23.4. The van der Waals surface area contributed by atoms with E-state index in [1.54, 1.807) is 19.2 Å². The minimum atomic E-state index is 0.0707. The van der Waals surface area contributed by atoms with Gasteiger partial charge in [-0.15, -0.1) is 0 Å². The Morgan fingerprint density at radius 3 is 2.62 bits per heavy atom. The number of fused-ring (bicyclic) bond motifs is 1. The summed E-state index contributed by atoms with van der Waals surface area (Å²) < 4.78 is 5.39. The summed E-state index contributed by atoms with van der Waals surface area (Å²) in [5, 5.41) is 13.2. The number of ether oxygens (including phenoxy) is 1. The molecule has 0 aliphatic carbocycles. The Bertz CT molecular complexity index is 948. The van der Waals surface area contributed by atoms with Crippen LogP contribution in [0.5, 0.6) is 11.5 Å². The zero-order chi connectivity index (χ0) is 17.9. The molecule has 0 radical (unpaired) electrons. The molecule has 2 N–H and O–H groups in total. The van der Waals surface area contributed by atoms with Crippen molar-refractivity contribution in [3.63, 3.8) is 0 Å². The van der Waals surface area contributed by atoms with Crippen molar-refractivity contribution in [2.45, 2.75) is 12.5 Å². The SMILES string of the molecule is COc1cccc(C2CC(c3ccc(O)cc3)=Nc3ccccc3N2)c1. The second-order valence-electron chi connectivity index (χ2n) is 6.30. The third-order valence-corrected chi connectivity index (χ3v) is 4.58. The van der Waals surface area contributed by atoms with Crippen LogP contribution in [0.3, 0.4) is 0 Å². The van der Waals surface area contributed by atoms with Gasteiger partial charge in [-0.1, -0.05) is 24.3 Å². The first-order valence-corrected chi connectivity index (χ1v) is 8.59. The molecule has 0 saturated heterocycles. The first kappa shape index (κ1) is 16.2. The van der Waals surface area contributed by atoms with E-state index in [0.717, 1.165) is 40.4 Å². The van der Waals surface area contributed by atoms with Crippen molar-refractivity contribution in [3.8, 4) is 11.5 Å². The first-order valence-electron chi connectivity index (χ1n) is 8.59. The van der Waals surface area contributed by atoms with Crippen molar-refractivity contribution in [3.05, 3.63) is 83.9 Å².